The van der Waals surface area contributed by atoms with Gasteiger partial charge in [-0.05, 0) is 19.8 Å². The van der Waals surface area contributed by atoms with Crippen LogP contribution >= 0.6 is 0 Å². The molecule has 2 N–H and O–H groups in total. The lowest BCUT2D eigenvalue weighted by Gasteiger charge is -2.28. The Balaban J connectivity index is 2.27. The van der Waals surface area contributed by atoms with Crippen LogP contribution in [0.5, 0.6) is 0 Å². The van der Waals surface area contributed by atoms with Gasteiger partial charge in [0.15, 0.2) is 0 Å². The van der Waals surface area contributed by atoms with Crippen LogP contribution < -0.4 is 5.32 Å². The van der Waals surface area contributed by atoms with E-state index in [1.165, 1.54) is 12.8 Å². The lowest BCUT2D eigenvalue weighted by Crippen LogP contribution is -2.41. The van der Waals surface area contributed by atoms with Gasteiger partial charge in [-0.2, -0.15) is 0 Å². The summed E-state index contributed by atoms with van der Waals surface area (Å²) in [4.78, 5) is 0. The molecule has 0 aromatic carbocycles. The first kappa shape index (κ1) is 12.0. The molecule has 0 amide bonds. The zero-order chi connectivity index (χ0) is 10.4. The first-order valence-electron chi connectivity index (χ1n) is 5.56. The number of nitrogens with one attached hydrogen (secondary N) is 1. The lowest BCUT2D eigenvalue weighted by molar-refractivity contribution is 0.114. The summed E-state index contributed by atoms with van der Waals surface area (Å²) in [5.74, 6) is 0. The average molecular weight is 201 g/mol. The molecule has 0 saturated heterocycles. The van der Waals surface area contributed by atoms with Gasteiger partial charge in [0.25, 0.3) is 0 Å². The molecule has 1 aliphatic carbocycles. The van der Waals surface area contributed by atoms with E-state index in [1.54, 1.807) is 7.11 Å². The van der Waals surface area contributed by atoms with Crippen molar-refractivity contribution in [3.8, 4) is 0 Å². The predicted molar refractivity (Wildman–Crippen MR) is 57.3 cm³/mol. The molecule has 1 unspecified atom stereocenters. The van der Waals surface area contributed by atoms with Crippen molar-refractivity contribution in [1.29, 1.82) is 0 Å². The number of aliphatic hydroxyl groups excluding tert-OH is 1. The third-order valence-corrected chi connectivity index (χ3v) is 3.24. The van der Waals surface area contributed by atoms with E-state index < -0.39 is 0 Å². The quantitative estimate of drug-likeness (QED) is 0.677. The van der Waals surface area contributed by atoms with Gasteiger partial charge in [0.1, 0.15) is 0 Å². The van der Waals surface area contributed by atoms with Gasteiger partial charge in [-0.1, -0.05) is 12.8 Å². The Morgan fingerprint density at radius 2 is 2.07 bits per heavy atom. The number of ether oxygens (including phenoxy) is 1. The Hall–Kier alpha value is -0.120. The molecule has 1 fully saturated rings. The van der Waals surface area contributed by atoms with Crippen LogP contribution in [0.2, 0.25) is 0 Å². The minimum atomic E-state index is 0.155. The highest BCUT2D eigenvalue weighted by atomic mass is 16.5. The number of hydrogen-bond acceptors (Lipinski definition) is 3. The fourth-order valence-corrected chi connectivity index (χ4v) is 2.22. The van der Waals surface area contributed by atoms with Crippen molar-refractivity contribution >= 4 is 0 Å². The SMILES string of the molecule is COCC(C)NCC1(CO)CCCC1. The van der Waals surface area contributed by atoms with E-state index in [4.69, 9.17) is 4.74 Å². The van der Waals surface area contributed by atoms with E-state index in [1.807, 2.05) is 0 Å². The second-order valence-corrected chi connectivity index (χ2v) is 4.60. The van der Waals surface area contributed by atoms with Gasteiger partial charge in [0.2, 0.25) is 0 Å². The summed E-state index contributed by atoms with van der Waals surface area (Å²) in [6, 6.07) is 0.379. The van der Waals surface area contributed by atoms with Crippen LogP contribution in [0, 0.1) is 5.41 Å². The third-order valence-electron chi connectivity index (χ3n) is 3.24. The molecule has 1 rings (SSSR count). The minimum absolute atomic E-state index is 0.155. The zero-order valence-corrected chi connectivity index (χ0v) is 9.38. The van der Waals surface area contributed by atoms with Gasteiger partial charge < -0.3 is 15.2 Å². The number of rotatable bonds is 6. The second-order valence-electron chi connectivity index (χ2n) is 4.60. The van der Waals surface area contributed by atoms with Crippen LogP contribution in [0.3, 0.4) is 0 Å². The maximum atomic E-state index is 9.39. The molecule has 0 aromatic heterocycles. The molecule has 1 atom stereocenters. The first-order valence-corrected chi connectivity index (χ1v) is 5.56. The highest BCUT2D eigenvalue weighted by Gasteiger charge is 2.32. The Morgan fingerprint density at radius 3 is 2.57 bits per heavy atom. The van der Waals surface area contributed by atoms with E-state index in [-0.39, 0.29) is 5.41 Å². The van der Waals surface area contributed by atoms with Crippen molar-refractivity contribution in [3.05, 3.63) is 0 Å². The van der Waals surface area contributed by atoms with Crippen LogP contribution in [0.25, 0.3) is 0 Å². The smallest absolute Gasteiger partial charge is 0.0613 e. The summed E-state index contributed by atoms with van der Waals surface area (Å²) < 4.78 is 5.06. The Labute approximate surface area is 86.8 Å². The van der Waals surface area contributed by atoms with Crippen LogP contribution in [0.4, 0.5) is 0 Å². The fourth-order valence-electron chi connectivity index (χ4n) is 2.22. The second kappa shape index (κ2) is 5.69. The standard InChI is InChI=1S/C11H23NO2/c1-10(7-14-2)12-8-11(9-13)5-3-4-6-11/h10,12-13H,3-9H2,1-2H3. The van der Waals surface area contributed by atoms with Gasteiger partial charge in [-0.3, -0.25) is 0 Å². The van der Waals surface area contributed by atoms with E-state index >= 15 is 0 Å². The maximum absolute atomic E-state index is 9.39. The summed E-state index contributed by atoms with van der Waals surface area (Å²) in [6.07, 6.45) is 4.86. The molecular formula is C11H23NO2. The van der Waals surface area contributed by atoms with Gasteiger partial charge in [0, 0.05) is 31.7 Å². The Morgan fingerprint density at radius 1 is 1.43 bits per heavy atom. The minimum Gasteiger partial charge on any atom is -0.396 e. The van der Waals surface area contributed by atoms with Crippen molar-refractivity contribution in [2.24, 2.45) is 5.41 Å². The monoisotopic (exact) mass is 201 g/mol. The lowest BCUT2D eigenvalue weighted by atomic mass is 9.87. The molecule has 0 bridgehead atoms. The van der Waals surface area contributed by atoms with Gasteiger partial charge >= 0.3 is 0 Å². The van der Waals surface area contributed by atoms with Crippen LogP contribution in [-0.4, -0.2) is 38.0 Å². The largest absolute Gasteiger partial charge is 0.396 e. The van der Waals surface area contributed by atoms with Crippen molar-refractivity contribution in [1.82, 2.24) is 5.32 Å². The summed E-state index contributed by atoms with van der Waals surface area (Å²) in [5, 5.41) is 12.8. The molecule has 1 aliphatic rings. The number of aliphatic hydroxyl groups is 1. The van der Waals surface area contributed by atoms with Crippen LogP contribution in [-0.2, 0) is 4.74 Å². The summed E-state index contributed by atoms with van der Waals surface area (Å²) in [7, 11) is 1.72. The van der Waals surface area contributed by atoms with Gasteiger partial charge in [-0.25, -0.2) is 0 Å². The zero-order valence-electron chi connectivity index (χ0n) is 9.38. The van der Waals surface area contributed by atoms with E-state index in [0.29, 0.717) is 12.6 Å². The highest BCUT2D eigenvalue weighted by Crippen LogP contribution is 2.36. The average Bonchev–Trinajstić information content (AvgIpc) is 2.65. The first-order chi connectivity index (χ1) is 6.72. The van der Waals surface area contributed by atoms with Gasteiger partial charge in [-0.15, -0.1) is 0 Å². The van der Waals surface area contributed by atoms with Crippen LogP contribution in [0.15, 0.2) is 0 Å². The molecule has 0 aromatic rings. The fraction of sp³-hybridized carbons (Fsp3) is 1.00. The van der Waals surface area contributed by atoms with Crippen molar-refractivity contribution in [2.45, 2.75) is 38.6 Å². The number of methoxy groups -OCH3 is 1. The Bertz CT molecular complexity index is 155. The predicted octanol–water partition coefficient (Wildman–Crippen LogP) is 1.16. The van der Waals surface area contributed by atoms with Crippen molar-refractivity contribution in [2.75, 3.05) is 26.9 Å². The molecule has 0 heterocycles. The van der Waals surface area contributed by atoms with Gasteiger partial charge in [0.05, 0.1) is 6.61 Å². The summed E-state index contributed by atoms with van der Waals surface area (Å²) in [6.45, 7) is 4.10. The third kappa shape index (κ3) is 3.23. The van der Waals surface area contributed by atoms with Crippen molar-refractivity contribution < 1.29 is 9.84 Å². The van der Waals surface area contributed by atoms with E-state index in [2.05, 4.69) is 12.2 Å². The van der Waals surface area contributed by atoms with E-state index in [0.717, 1.165) is 26.0 Å². The molecule has 14 heavy (non-hydrogen) atoms. The molecule has 3 nitrogen and oxygen atoms in total. The number of hydrogen-bond donors (Lipinski definition) is 2. The maximum Gasteiger partial charge on any atom is 0.0613 e. The molecule has 1 saturated carbocycles. The molecule has 0 aliphatic heterocycles. The molecule has 84 valence electrons. The van der Waals surface area contributed by atoms with Crippen molar-refractivity contribution in [3.63, 3.8) is 0 Å². The molecular weight excluding hydrogens is 178 g/mol. The summed E-state index contributed by atoms with van der Waals surface area (Å²) in [5.41, 5.74) is 0.155. The topological polar surface area (TPSA) is 41.5 Å². The molecule has 0 radical (unpaired) electrons. The molecule has 0 spiro atoms. The van der Waals surface area contributed by atoms with E-state index in [9.17, 15) is 5.11 Å². The Kier molecular flexibility index (Phi) is 4.85. The van der Waals surface area contributed by atoms with Crippen LogP contribution in [0.1, 0.15) is 32.6 Å². The normalized spacial score (nSPS) is 22.5. The highest BCUT2D eigenvalue weighted by molar-refractivity contribution is 4.86. The molecule has 3 heteroatoms. The summed E-state index contributed by atoms with van der Waals surface area (Å²) >= 11 is 0.